The number of nitrogens with two attached hydrogens (primary N) is 1. The molecular weight excluding hydrogens is 386 g/mol. The second kappa shape index (κ2) is 8.40. The normalized spacial score (nSPS) is 16.0. The van der Waals surface area contributed by atoms with Crippen molar-refractivity contribution in [2.24, 2.45) is 0 Å². The van der Waals surface area contributed by atoms with E-state index in [0.717, 1.165) is 12.1 Å². The average Bonchev–Trinajstić information content (AvgIpc) is 3.51. The van der Waals surface area contributed by atoms with Crippen molar-refractivity contribution in [3.63, 3.8) is 0 Å². The minimum absolute atomic E-state index is 0.102. The number of methoxy groups -OCH3 is 1. The first-order valence-electron chi connectivity index (χ1n) is 9.80. The summed E-state index contributed by atoms with van der Waals surface area (Å²) >= 11 is 0. The zero-order valence-electron chi connectivity index (χ0n) is 16.7. The highest BCUT2D eigenvalue weighted by Crippen LogP contribution is 2.26. The summed E-state index contributed by atoms with van der Waals surface area (Å²) in [6.07, 6.45) is 3.47. The van der Waals surface area contributed by atoms with Crippen LogP contribution in [0.4, 0.5) is 5.82 Å². The Kier molecular flexibility index (Phi) is 5.51. The Balaban J connectivity index is 1.46. The van der Waals surface area contributed by atoms with E-state index in [0.29, 0.717) is 36.6 Å². The van der Waals surface area contributed by atoms with E-state index < -0.39 is 6.04 Å². The lowest BCUT2D eigenvalue weighted by atomic mass is 10.0. The maximum absolute atomic E-state index is 13.2. The van der Waals surface area contributed by atoms with Crippen molar-refractivity contribution < 1.29 is 18.8 Å². The standard InChI is InChI=1S/C21H23N5O4/c1-29-18-12-15(30-24-18)9-10-19(27)25-11-5-8-17(25)20(28)16-13-23-26(21(16)22)14-6-3-2-4-7-14/h2-4,6-7,12-13,17H,5,8-11,22H2,1H3/t17-/m1/s1. The van der Waals surface area contributed by atoms with Crippen molar-refractivity contribution in [3.05, 3.63) is 53.9 Å². The van der Waals surface area contributed by atoms with Gasteiger partial charge in [0.1, 0.15) is 11.6 Å². The van der Waals surface area contributed by atoms with E-state index in [-0.39, 0.29) is 23.9 Å². The molecule has 9 nitrogen and oxygen atoms in total. The largest absolute Gasteiger partial charge is 0.479 e. The molecule has 0 unspecified atom stereocenters. The van der Waals surface area contributed by atoms with E-state index in [4.69, 9.17) is 15.0 Å². The van der Waals surface area contributed by atoms with Crippen LogP contribution >= 0.6 is 0 Å². The number of carbonyl (C=O) groups excluding carboxylic acids is 2. The monoisotopic (exact) mass is 409 g/mol. The van der Waals surface area contributed by atoms with Crippen LogP contribution < -0.4 is 10.5 Å². The number of aryl methyl sites for hydroxylation is 1. The molecule has 30 heavy (non-hydrogen) atoms. The molecule has 156 valence electrons. The number of para-hydroxylation sites is 1. The van der Waals surface area contributed by atoms with Gasteiger partial charge in [-0.15, -0.1) is 0 Å². The van der Waals surface area contributed by atoms with Crippen molar-refractivity contribution in [1.29, 1.82) is 0 Å². The van der Waals surface area contributed by atoms with Gasteiger partial charge in [0.05, 0.1) is 30.6 Å². The van der Waals surface area contributed by atoms with E-state index in [1.807, 2.05) is 30.3 Å². The lowest BCUT2D eigenvalue weighted by Crippen LogP contribution is -2.40. The summed E-state index contributed by atoms with van der Waals surface area (Å²) in [7, 11) is 1.50. The van der Waals surface area contributed by atoms with Crippen LogP contribution in [0.5, 0.6) is 5.88 Å². The fraction of sp³-hybridized carbons (Fsp3) is 0.333. The van der Waals surface area contributed by atoms with Gasteiger partial charge in [-0.25, -0.2) is 4.68 Å². The molecule has 2 N–H and O–H groups in total. The van der Waals surface area contributed by atoms with Crippen LogP contribution in [0.3, 0.4) is 0 Å². The highest BCUT2D eigenvalue weighted by atomic mass is 16.5. The van der Waals surface area contributed by atoms with Gasteiger partial charge in [0.25, 0.3) is 5.88 Å². The molecule has 9 heteroatoms. The number of amides is 1. The quantitative estimate of drug-likeness (QED) is 0.595. The third-order valence-corrected chi connectivity index (χ3v) is 5.28. The number of hydrogen-bond acceptors (Lipinski definition) is 7. The Bertz CT molecular complexity index is 1040. The van der Waals surface area contributed by atoms with Gasteiger partial charge in [-0.2, -0.15) is 5.10 Å². The number of carbonyl (C=O) groups is 2. The molecule has 0 spiro atoms. The Morgan fingerprint density at radius 3 is 2.83 bits per heavy atom. The molecule has 0 radical (unpaired) electrons. The lowest BCUT2D eigenvalue weighted by molar-refractivity contribution is -0.131. The van der Waals surface area contributed by atoms with Crippen LogP contribution in [0, 0.1) is 0 Å². The number of likely N-dealkylation sites (tertiary alicyclic amines) is 1. The number of rotatable bonds is 7. The highest BCUT2D eigenvalue weighted by Gasteiger charge is 2.36. The Hall–Kier alpha value is -3.62. The van der Waals surface area contributed by atoms with Gasteiger partial charge in [-0.05, 0) is 30.1 Å². The number of nitrogen functional groups attached to an aromatic ring is 1. The number of benzene rings is 1. The zero-order valence-corrected chi connectivity index (χ0v) is 16.7. The fourth-order valence-electron chi connectivity index (χ4n) is 3.72. The second-order valence-corrected chi connectivity index (χ2v) is 7.14. The summed E-state index contributed by atoms with van der Waals surface area (Å²) in [5, 5.41) is 8.00. The minimum Gasteiger partial charge on any atom is -0.479 e. The number of hydrogen-bond donors (Lipinski definition) is 1. The van der Waals surface area contributed by atoms with E-state index >= 15 is 0 Å². The number of nitrogens with zero attached hydrogens (tertiary/aromatic N) is 4. The topological polar surface area (TPSA) is 116 Å². The minimum atomic E-state index is -0.530. The number of Topliss-reactive ketones (excluding diaryl/α,β-unsaturated/α-hetero) is 1. The van der Waals surface area contributed by atoms with Gasteiger partial charge >= 0.3 is 0 Å². The first kappa shape index (κ1) is 19.7. The van der Waals surface area contributed by atoms with Gasteiger partial charge in [0.15, 0.2) is 5.78 Å². The molecular formula is C21H23N5O4. The highest BCUT2D eigenvalue weighted by molar-refractivity contribution is 6.05. The molecule has 3 aromatic rings. The molecule has 1 amide bonds. The van der Waals surface area contributed by atoms with Crippen LogP contribution in [-0.2, 0) is 11.2 Å². The Morgan fingerprint density at radius 1 is 1.30 bits per heavy atom. The van der Waals surface area contributed by atoms with Crippen molar-refractivity contribution >= 4 is 17.5 Å². The molecule has 0 aliphatic carbocycles. The molecule has 1 aliphatic heterocycles. The van der Waals surface area contributed by atoms with E-state index in [1.54, 1.807) is 11.0 Å². The predicted octanol–water partition coefficient (Wildman–Crippen LogP) is 2.26. The number of ketones is 1. The fourth-order valence-corrected chi connectivity index (χ4v) is 3.72. The van der Waals surface area contributed by atoms with Gasteiger partial charge in [-0.3, -0.25) is 9.59 Å². The van der Waals surface area contributed by atoms with Crippen molar-refractivity contribution in [2.75, 3.05) is 19.4 Å². The Morgan fingerprint density at radius 2 is 2.10 bits per heavy atom. The predicted molar refractivity (Wildman–Crippen MR) is 108 cm³/mol. The maximum Gasteiger partial charge on any atom is 0.254 e. The van der Waals surface area contributed by atoms with Gasteiger partial charge in [0.2, 0.25) is 5.91 Å². The van der Waals surface area contributed by atoms with Crippen molar-refractivity contribution in [3.8, 4) is 11.6 Å². The maximum atomic E-state index is 13.2. The van der Waals surface area contributed by atoms with E-state index in [1.165, 1.54) is 18.0 Å². The lowest BCUT2D eigenvalue weighted by Gasteiger charge is -2.23. The summed E-state index contributed by atoms with van der Waals surface area (Å²) in [5.74, 6) is 0.935. The molecule has 0 bridgehead atoms. The van der Waals surface area contributed by atoms with Gasteiger partial charge in [0, 0.05) is 25.5 Å². The summed E-state index contributed by atoms with van der Waals surface area (Å²) in [6.45, 7) is 0.543. The third kappa shape index (κ3) is 3.78. The van der Waals surface area contributed by atoms with Gasteiger partial charge in [-0.1, -0.05) is 18.2 Å². The smallest absolute Gasteiger partial charge is 0.254 e. The van der Waals surface area contributed by atoms with Crippen LogP contribution in [0.25, 0.3) is 5.69 Å². The summed E-state index contributed by atoms with van der Waals surface area (Å²) in [4.78, 5) is 27.6. The molecule has 3 heterocycles. The number of aromatic nitrogens is 3. The SMILES string of the molecule is COc1cc(CCC(=O)N2CCC[C@@H]2C(=O)c2cnn(-c3ccccc3)c2N)on1. The van der Waals surface area contributed by atoms with Gasteiger partial charge < -0.3 is 19.9 Å². The molecule has 0 saturated carbocycles. The summed E-state index contributed by atoms with van der Waals surface area (Å²) in [6, 6.07) is 10.5. The molecule has 1 fully saturated rings. The second-order valence-electron chi connectivity index (χ2n) is 7.14. The van der Waals surface area contributed by atoms with Crippen LogP contribution in [0.1, 0.15) is 35.4 Å². The summed E-state index contributed by atoms with van der Waals surface area (Å²) < 4.78 is 11.6. The van der Waals surface area contributed by atoms with Crippen LogP contribution in [0.2, 0.25) is 0 Å². The molecule has 1 aliphatic rings. The molecule has 1 saturated heterocycles. The molecule has 1 aromatic carbocycles. The van der Waals surface area contributed by atoms with Crippen LogP contribution in [-0.4, -0.2) is 51.2 Å². The third-order valence-electron chi connectivity index (χ3n) is 5.28. The Labute approximate surface area is 173 Å². The molecule has 4 rings (SSSR count). The molecule has 1 atom stereocenters. The average molecular weight is 409 g/mol. The van der Waals surface area contributed by atoms with Crippen LogP contribution in [0.15, 0.2) is 47.1 Å². The first-order chi connectivity index (χ1) is 14.6. The number of anilines is 1. The number of ether oxygens (including phenoxy) is 1. The van der Waals surface area contributed by atoms with Crippen molar-refractivity contribution in [1.82, 2.24) is 19.8 Å². The van der Waals surface area contributed by atoms with E-state index in [9.17, 15) is 9.59 Å². The van der Waals surface area contributed by atoms with Crippen molar-refractivity contribution in [2.45, 2.75) is 31.7 Å². The molecule has 2 aromatic heterocycles. The zero-order chi connectivity index (χ0) is 21.1. The summed E-state index contributed by atoms with van der Waals surface area (Å²) in [5.41, 5.74) is 7.33. The first-order valence-corrected chi connectivity index (χ1v) is 9.80. The van der Waals surface area contributed by atoms with E-state index in [2.05, 4.69) is 10.3 Å².